The quantitative estimate of drug-likeness (QED) is 0.754. The first-order valence-corrected chi connectivity index (χ1v) is 7.74. The first kappa shape index (κ1) is 15.7. The fourth-order valence-corrected chi connectivity index (χ4v) is 3.08. The summed E-state index contributed by atoms with van der Waals surface area (Å²) in [6.45, 7) is 5.87. The van der Waals surface area contributed by atoms with Crippen LogP contribution in [0.3, 0.4) is 0 Å². The Labute approximate surface area is 121 Å². The molecule has 5 heteroatoms. The number of amides is 1. The molecule has 0 fully saturated rings. The molecule has 1 aromatic rings. The molecule has 3 nitrogen and oxygen atoms in total. The van der Waals surface area contributed by atoms with Crippen LogP contribution in [0.1, 0.15) is 31.6 Å². The van der Waals surface area contributed by atoms with Crippen molar-refractivity contribution in [2.24, 2.45) is 0 Å². The number of hydrogen-bond acceptors (Lipinski definition) is 3. The van der Waals surface area contributed by atoms with E-state index in [0.717, 1.165) is 16.8 Å². The number of rotatable bonds is 7. The molecule has 1 amide bonds. The van der Waals surface area contributed by atoms with Crippen LogP contribution in [-0.4, -0.2) is 26.0 Å². The van der Waals surface area contributed by atoms with Crippen molar-refractivity contribution in [2.75, 3.05) is 20.1 Å². The summed E-state index contributed by atoms with van der Waals surface area (Å²) in [4.78, 5) is 12.9. The molecule has 2 N–H and O–H groups in total. The highest BCUT2D eigenvalue weighted by Gasteiger charge is 2.23. The number of hydrogen-bond donors (Lipinski definition) is 2. The molecule has 0 aliphatic rings. The van der Waals surface area contributed by atoms with Gasteiger partial charge in [0, 0.05) is 23.3 Å². The van der Waals surface area contributed by atoms with Crippen molar-refractivity contribution in [1.29, 1.82) is 0 Å². The largest absolute Gasteiger partial charge is 0.355 e. The minimum absolute atomic E-state index is 0.0185. The van der Waals surface area contributed by atoms with Gasteiger partial charge < -0.3 is 10.6 Å². The second-order valence-electron chi connectivity index (χ2n) is 4.97. The zero-order valence-corrected chi connectivity index (χ0v) is 13.6. The van der Waals surface area contributed by atoms with E-state index in [4.69, 9.17) is 0 Å². The fraction of sp³-hybridized carbons (Fsp3) is 0.615. The fourth-order valence-electron chi connectivity index (χ4n) is 1.60. The van der Waals surface area contributed by atoms with E-state index in [-0.39, 0.29) is 11.3 Å². The second kappa shape index (κ2) is 7.26. The van der Waals surface area contributed by atoms with E-state index in [1.807, 2.05) is 7.05 Å². The van der Waals surface area contributed by atoms with Gasteiger partial charge in [0.05, 0.1) is 3.79 Å². The van der Waals surface area contributed by atoms with Crippen LogP contribution < -0.4 is 10.6 Å². The first-order valence-electron chi connectivity index (χ1n) is 6.13. The van der Waals surface area contributed by atoms with Gasteiger partial charge in [0.15, 0.2) is 0 Å². The summed E-state index contributed by atoms with van der Waals surface area (Å²) in [7, 11) is 1.90. The molecule has 1 rings (SSSR count). The lowest BCUT2D eigenvalue weighted by atomic mass is 9.91. The maximum atomic E-state index is 11.7. The van der Waals surface area contributed by atoms with Gasteiger partial charge in [-0.1, -0.05) is 13.8 Å². The van der Waals surface area contributed by atoms with Crippen LogP contribution in [0.5, 0.6) is 0 Å². The minimum atomic E-state index is -0.0185. The monoisotopic (exact) mass is 332 g/mol. The zero-order valence-electron chi connectivity index (χ0n) is 11.2. The number of carbonyl (C=O) groups is 1. The molecule has 0 radical (unpaired) electrons. The Bertz CT molecular complexity index is 390. The normalized spacial score (nSPS) is 11.6. The van der Waals surface area contributed by atoms with Crippen molar-refractivity contribution >= 4 is 33.2 Å². The Balaban J connectivity index is 2.39. The van der Waals surface area contributed by atoms with E-state index >= 15 is 0 Å². The minimum Gasteiger partial charge on any atom is -0.355 e. The van der Waals surface area contributed by atoms with Gasteiger partial charge >= 0.3 is 0 Å². The zero-order chi connectivity index (χ0) is 13.6. The molecule has 0 atom stereocenters. The van der Waals surface area contributed by atoms with Gasteiger partial charge in [-0.15, -0.1) is 11.3 Å². The second-order valence-corrected chi connectivity index (χ2v) is 7.43. The van der Waals surface area contributed by atoms with E-state index in [1.165, 1.54) is 4.88 Å². The average molecular weight is 333 g/mol. The smallest absolute Gasteiger partial charge is 0.220 e. The van der Waals surface area contributed by atoms with Gasteiger partial charge in [0.1, 0.15) is 0 Å². The van der Waals surface area contributed by atoms with Crippen molar-refractivity contribution in [1.82, 2.24) is 10.6 Å². The molecule has 0 unspecified atom stereocenters. The van der Waals surface area contributed by atoms with E-state index in [2.05, 4.69) is 52.5 Å². The Morgan fingerprint density at radius 3 is 2.72 bits per heavy atom. The molecular weight excluding hydrogens is 312 g/mol. The number of halogens is 1. The van der Waals surface area contributed by atoms with Crippen LogP contribution in [0.4, 0.5) is 0 Å². The standard InChI is InChI=1S/C13H21BrN2OS/c1-13(2,10-6-7-11(14)18-10)9-16-12(17)5-4-8-15-3/h6-7,15H,4-5,8-9H2,1-3H3,(H,16,17). The molecule has 102 valence electrons. The summed E-state index contributed by atoms with van der Waals surface area (Å²) in [5.74, 6) is 0.133. The number of nitrogens with one attached hydrogen (secondary N) is 2. The van der Waals surface area contributed by atoms with Crippen LogP contribution in [0.2, 0.25) is 0 Å². The van der Waals surface area contributed by atoms with E-state index in [0.29, 0.717) is 13.0 Å². The first-order chi connectivity index (χ1) is 8.45. The Morgan fingerprint density at radius 2 is 2.17 bits per heavy atom. The van der Waals surface area contributed by atoms with Crippen LogP contribution >= 0.6 is 27.3 Å². The van der Waals surface area contributed by atoms with Gasteiger partial charge in [-0.25, -0.2) is 0 Å². The van der Waals surface area contributed by atoms with Crippen molar-refractivity contribution in [2.45, 2.75) is 32.1 Å². The molecule has 0 spiro atoms. The predicted molar refractivity (Wildman–Crippen MR) is 81.2 cm³/mol. The van der Waals surface area contributed by atoms with Gasteiger partial charge in [0.25, 0.3) is 0 Å². The number of carbonyl (C=O) groups excluding carboxylic acids is 1. The summed E-state index contributed by atoms with van der Waals surface area (Å²) < 4.78 is 1.13. The van der Waals surface area contributed by atoms with Crippen molar-refractivity contribution < 1.29 is 4.79 Å². The van der Waals surface area contributed by atoms with Gasteiger partial charge in [0.2, 0.25) is 5.91 Å². The predicted octanol–water partition coefficient (Wildman–Crippen LogP) is 2.90. The Hall–Kier alpha value is -0.390. The molecule has 18 heavy (non-hydrogen) atoms. The summed E-state index contributed by atoms with van der Waals surface area (Å²) in [5, 5.41) is 6.05. The molecule has 1 aromatic heterocycles. The topological polar surface area (TPSA) is 41.1 Å². The van der Waals surface area contributed by atoms with Crippen LogP contribution in [-0.2, 0) is 10.2 Å². The van der Waals surface area contributed by atoms with Crippen LogP contribution in [0.25, 0.3) is 0 Å². The molecule has 1 heterocycles. The third-order valence-electron chi connectivity index (χ3n) is 2.80. The average Bonchev–Trinajstić information content (AvgIpc) is 2.75. The van der Waals surface area contributed by atoms with E-state index in [9.17, 15) is 4.79 Å². The molecule has 0 saturated carbocycles. The van der Waals surface area contributed by atoms with Gasteiger partial charge in [-0.3, -0.25) is 4.79 Å². The molecule has 0 saturated heterocycles. The highest BCUT2D eigenvalue weighted by Crippen LogP contribution is 2.32. The Morgan fingerprint density at radius 1 is 1.44 bits per heavy atom. The summed E-state index contributed by atoms with van der Waals surface area (Å²) in [6.07, 6.45) is 1.47. The van der Waals surface area contributed by atoms with Crippen LogP contribution in [0.15, 0.2) is 15.9 Å². The van der Waals surface area contributed by atoms with Gasteiger partial charge in [-0.2, -0.15) is 0 Å². The maximum Gasteiger partial charge on any atom is 0.220 e. The summed E-state index contributed by atoms with van der Waals surface area (Å²) in [6, 6.07) is 4.17. The lowest BCUT2D eigenvalue weighted by Gasteiger charge is -2.23. The number of thiophene rings is 1. The van der Waals surface area contributed by atoms with Gasteiger partial charge in [-0.05, 0) is 48.1 Å². The third-order valence-corrected chi connectivity index (χ3v) is 4.79. The summed E-state index contributed by atoms with van der Waals surface area (Å²) in [5.41, 5.74) is -0.0185. The lowest BCUT2D eigenvalue weighted by Crippen LogP contribution is -2.36. The van der Waals surface area contributed by atoms with Crippen molar-refractivity contribution in [3.63, 3.8) is 0 Å². The van der Waals surface area contributed by atoms with Crippen LogP contribution in [0, 0.1) is 0 Å². The Kier molecular flexibility index (Phi) is 6.32. The molecule has 0 bridgehead atoms. The van der Waals surface area contributed by atoms with Crippen molar-refractivity contribution in [3.05, 3.63) is 20.8 Å². The molecule has 0 aromatic carbocycles. The SMILES string of the molecule is CNCCCC(=O)NCC(C)(C)c1ccc(Br)s1. The van der Waals surface area contributed by atoms with E-state index < -0.39 is 0 Å². The lowest BCUT2D eigenvalue weighted by molar-refractivity contribution is -0.121. The highest BCUT2D eigenvalue weighted by atomic mass is 79.9. The molecule has 0 aliphatic heterocycles. The molecule has 0 aliphatic carbocycles. The highest BCUT2D eigenvalue weighted by molar-refractivity contribution is 9.11. The molecular formula is C13H21BrN2OS. The third kappa shape index (κ3) is 5.08. The maximum absolute atomic E-state index is 11.7. The van der Waals surface area contributed by atoms with Crippen molar-refractivity contribution in [3.8, 4) is 0 Å². The van der Waals surface area contributed by atoms with E-state index in [1.54, 1.807) is 11.3 Å². The summed E-state index contributed by atoms with van der Waals surface area (Å²) >= 11 is 5.19.